The van der Waals surface area contributed by atoms with Gasteiger partial charge in [0.25, 0.3) is 0 Å². The first-order valence-electron chi connectivity index (χ1n) is 6.56. The summed E-state index contributed by atoms with van der Waals surface area (Å²) in [5.41, 5.74) is 0. The summed E-state index contributed by atoms with van der Waals surface area (Å²) in [6.45, 7) is 0.689. The van der Waals surface area contributed by atoms with Crippen molar-refractivity contribution in [1.82, 2.24) is 4.90 Å². The molecule has 0 aliphatic carbocycles. The monoisotopic (exact) mass is 297 g/mol. The Bertz CT molecular complexity index is 505. The molecule has 0 saturated carbocycles. The van der Waals surface area contributed by atoms with Crippen LogP contribution in [0.5, 0.6) is 5.75 Å². The summed E-state index contributed by atoms with van der Waals surface area (Å²) in [4.78, 5) is 24.4. The summed E-state index contributed by atoms with van der Waals surface area (Å²) in [5.74, 6) is -1.28. The van der Waals surface area contributed by atoms with Gasteiger partial charge in [-0.2, -0.15) is 0 Å². The summed E-state index contributed by atoms with van der Waals surface area (Å²) < 4.78 is 23.1. The smallest absolute Gasteiger partial charge is 0.328 e. The molecule has 21 heavy (non-hydrogen) atoms. The van der Waals surface area contributed by atoms with Crippen LogP contribution < -0.4 is 4.74 Å². The Labute approximate surface area is 121 Å². The molecule has 0 spiro atoms. The Morgan fingerprint density at radius 2 is 2.10 bits per heavy atom. The van der Waals surface area contributed by atoms with Crippen LogP contribution in [0, 0.1) is 5.82 Å². The molecule has 0 aromatic heterocycles. The van der Waals surface area contributed by atoms with E-state index in [1.807, 2.05) is 0 Å². The summed E-state index contributed by atoms with van der Waals surface area (Å²) in [6.07, 6.45) is 0.0567. The van der Waals surface area contributed by atoms with E-state index in [2.05, 4.69) is 0 Å². The van der Waals surface area contributed by atoms with Crippen LogP contribution >= 0.6 is 0 Å². The molecule has 2 rings (SSSR count). The number of hydrogen-bond donors (Lipinski definition) is 1. The zero-order valence-electron chi connectivity index (χ0n) is 11.3. The predicted molar refractivity (Wildman–Crippen MR) is 70.5 cm³/mol. The van der Waals surface area contributed by atoms with Crippen molar-refractivity contribution in [2.75, 3.05) is 26.4 Å². The van der Waals surface area contributed by atoms with Gasteiger partial charge < -0.3 is 19.5 Å². The van der Waals surface area contributed by atoms with E-state index in [9.17, 15) is 14.0 Å². The van der Waals surface area contributed by atoms with Crippen molar-refractivity contribution >= 4 is 11.9 Å². The first-order valence-corrected chi connectivity index (χ1v) is 6.56. The van der Waals surface area contributed by atoms with Crippen molar-refractivity contribution in [3.8, 4) is 5.75 Å². The Balaban J connectivity index is 1.83. The molecule has 1 heterocycles. The maximum absolute atomic E-state index is 12.7. The lowest BCUT2D eigenvalue weighted by molar-refractivity contribution is -0.158. The van der Waals surface area contributed by atoms with Gasteiger partial charge in [0.05, 0.1) is 26.2 Å². The second kappa shape index (κ2) is 7.03. The van der Waals surface area contributed by atoms with Crippen LogP contribution in [0.25, 0.3) is 0 Å². The third-order valence-corrected chi connectivity index (χ3v) is 3.13. The van der Waals surface area contributed by atoms with Crippen molar-refractivity contribution in [1.29, 1.82) is 0 Å². The Hall–Kier alpha value is -2.15. The summed E-state index contributed by atoms with van der Waals surface area (Å²) in [6, 6.07) is 4.51. The molecule has 1 aliphatic rings. The minimum Gasteiger partial charge on any atom is -0.493 e. The van der Waals surface area contributed by atoms with E-state index >= 15 is 0 Å². The van der Waals surface area contributed by atoms with Crippen molar-refractivity contribution in [3.05, 3.63) is 30.1 Å². The van der Waals surface area contributed by atoms with Gasteiger partial charge in [-0.15, -0.1) is 0 Å². The highest BCUT2D eigenvalue weighted by Gasteiger charge is 2.32. The maximum Gasteiger partial charge on any atom is 0.328 e. The molecule has 1 atom stereocenters. The minimum absolute atomic E-state index is 0.000107. The molecule has 1 aliphatic heterocycles. The van der Waals surface area contributed by atoms with Gasteiger partial charge in [-0.1, -0.05) is 0 Å². The Morgan fingerprint density at radius 1 is 1.38 bits per heavy atom. The number of amides is 1. The lowest BCUT2D eigenvalue weighted by atomic mass is 10.2. The van der Waals surface area contributed by atoms with E-state index < -0.39 is 12.0 Å². The zero-order chi connectivity index (χ0) is 15.2. The number of carbonyl (C=O) groups excluding carboxylic acids is 1. The zero-order valence-corrected chi connectivity index (χ0v) is 11.3. The first kappa shape index (κ1) is 15.2. The average molecular weight is 297 g/mol. The van der Waals surface area contributed by atoms with Crippen LogP contribution in [0.1, 0.15) is 6.42 Å². The molecule has 1 amide bonds. The van der Waals surface area contributed by atoms with Crippen LogP contribution in [-0.2, 0) is 14.3 Å². The number of hydrogen-bond acceptors (Lipinski definition) is 4. The number of ether oxygens (including phenoxy) is 2. The van der Waals surface area contributed by atoms with Gasteiger partial charge in [0.15, 0.2) is 6.04 Å². The van der Waals surface area contributed by atoms with Crippen LogP contribution in [-0.4, -0.2) is 54.3 Å². The number of rotatable bonds is 5. The molecule has 0 radical (unpaired) electrons. The van der Waals surface area contributed by atoms with Gasteiger partial charge in [-0.05, 0) is 24.3 Å². The third-order valence-electron chi connectivity index (χ3n) is 3.13. The van der Waals surface area contributed by atoms with Gasteiger partial charge in [0.1, 0.15) is 11.6 Å². The predicted octanol–water partition coefficient (Wildman–Crippen LogP) is 0.907. The average Bonchev–Trinajstić information content (AvgIpc) is 2.49. The fourth-order valence-electron chi connectivity index (χ4n) is 2.04. The van der Waals surface area contributed by atoms with Crippen molar-refractivity contribution in [2.24, 2.45) is 0 Å². The fourth-order valence-corrected chi connectivity index (χ4v) is 2.04. The number of benzene rings is 1. The highest BCUT2D eigenvalue weighted by Crippen LogP contribution is 2.13. The molecule has 1 saturated heterocycles. The maximum atomic E-state index is 12.7. The van der Waals surface area contributed by atoms with Crippen molar-refractivity contribution in [3.63, 3.8) is 0 Å². The van der Waals surface area contributed by atoms with Crippen LogP contribution in [0.4, 0.5) is 4.39 Å². The number of carboxylic acid groups (broad SMARTS) is 1. The van der Waals surface area contributed by atoms with Crippen LogP contribution in [0.3, 0.4) is 0 Å². The minimum atomic E-state index is -1.08. The largest absolute Gasteiger partial charge is 0.493 e. The number of carbonyl (C=O) groups is 2. The number of halogens is 1. The summed E-state index contributed by atoms with van der Waals surface area (Å²) in [5, 5.41) is 9.05. The second-order valence-electron chi connectivity index (χ2n) is 4.57. The van der Waals surface area contributed by atoms with Crippen LogP contribution in [0.15, 0.2) is 24.3 Å². The molecule has 1 aromatic rings. The van der Waals surface area contributed by atoms with Gasteiger partial charge in [0, 0.05) is 6.54 Å². The SMILES string of the molecule is O=C(O)[C@@H]1COCCN1C(=O)CCOc1ccc(F)cc1. The molecule has 0 bridgehead atoms. The molecule has 0 unspecified atom stereocenters. The van der Waals surface area contributed by atoms with Crippen molar-refractivity contribution < 1.29 is 28.6 Å². The Morgan fingerprint density at radius 3 is 2.76 bits per heavy atom. The van der Waals surface area contributed by atoms with Crippen LogP contribution in [0.2, 0.25) is 0 Å². The van der Waals surface area contributed by atoms with Crippen molar-refractivity contribution in [2.45, 2.75) is 12.5 Å². The summed E-state index contributed by atoms with van der Waals surface area (Å²) in [7, 11) is 0. The number of aliphatic carboxylic acids is 1. The molecule has 6 nitrogen and oxygen atoms in total. The van der Waals surface area contributed by atoms with E-state index in [4.69, 9.17) is 14.6 Å². The third kappa shape index (κ3) is 4.16. The van der Waals surface area contributed by atoms with Gasteiger partial charge >= 0.3 is 5.97 Å². The van der Waals surface area contributed by atoms with Gasteiger partial charge in [-0.3, -0.25) is 4.79 Å². The lowest BCUT2D eigenvalue weighted by Gasteiger charge is -2.32. The topological polar surface area (TPSA) is 76.1 Å². The number of nitrogens with zero attached hydrogens (tertiary/aromatic N) is 1. The van der Waals surface area contributed by atoms with E-state index in [1.54, 1.807) is 0 Å². The lowest BCUT2D eigenvalue weighted by Crippen LogP contribution is -2.52. The molecule has 1 fully saturated rings. The van der Waals surface area contributed by atoms with E-state index in [0.29, 0.717) is 12.4 Å². The standard InChI is InChI=1S/C14H16FNO5/c15-10-1-3-11(4-2-10)21-7-5-13(17)16-6-8-20-9-12(16)14(18)19/h1-4,12H,5-9H2,(H,18,19)/t12-/m0/s1. The second-order valence-corrected chi connectivity index (χ2v) is 4.57. The van der Waals surface area contributed by atoms with Gasteiger partial charge in [-0.25, -0.2) is 9.18 Å². The highest BCUT2D eigenvalue weighted by atomic mass is 19.1. The number of carboxylic acids is 1. The molecule has 1 aromatic carbocycles. The normalized spacial score (nSPS) is 18.3. The molecular formula is C14H16FNO5. The quantitative estimate of drug-likeness (QED) is 0.874. The van der Waals surface area contributed by atoms with E-state index in [-0.39, 0.29) is 37.9 Å². The highest BCUT2D eigenvalue weighted by molar-refractivity contribution is 5.84. The molecule has 7 heteroatoms. The summed E-state index contributed by atoms with van der Waals surface area (Å²) >= 11 is 0. The molecular weight excluding hydrogens is 281 g/mol. The van der Waals surface area contributed by atoms with E-state index in [0.717, 1.165) is 0 Å². The fraction of sp³-hybridized carbons (Fsp3) is 0.429. The van der Waals surface area contributed by atoms with E-state index in [1.165, 1.54) is 29.2 Å². The molecule has 114 valence electrons. The number of morpholine rings is 1. The first-order chi connectivity index (χ1) is 10.1. The Kier molecular flexibility index (Phi) is 5.10. The molecule has 1 N–H and O–H groups in total. The van der Waals surface area contributed by atoms with Gasteiger partial charge in [0.2, 0.25) is 5.91 Å².